The van der Waals surface area contributed by atoms with Gasteiger partial charge in [-0.05, 0) is 69.3 Å². The number of carbonyl (C=O) groups is 1. The first-order valence-corrected chi connectivity index (χ1v) is 11.4. The van der Waals surface area contributed by atoms with Gasteiger partial charge in [-0.2, -0.15) is 4.31 Å². The molecule has 0 radical (unpaired) electrons. The second-order valence-corrected chi connectivity index (χ2v) is 9.69. The molecule has 0 aliphatic carbocycles. The molecule has 1 unspecified atom stereocenters. The van der Waals surface area contributed by atoms with E-state index in [1.165, 1.54) is 16.4 Å². The number of rotatable bonds is 6. The Morgan fingerprint density at radius 2 is 1.67 bits per heavy atom. The van der Waals surface area contributed by atoms with Gasteiger partial charge in [0, 0.05) is 31.9 Å². The standard InChI is InChI=1S/C22H29N3O4S/c1-16-5-6-17(2)21(15-16)29-18(3)22(26)23-19-7-9-20(10-8-19)30(27,28)25-13-11-24(4)12-14-25/h5-10,15,18H,11-14H2,1-4H3,(H,23,26). The Morgan fingerprint density at radius 3 is 2.30 bits per heavy atom. The lowest BCUT2D eigenvalue weighted by Crippen LogP contribution is -2.46. The number of nitrogens with one attached hydrogen (secondary N) is 1. The summed E-state index contributed by atoms with van der Waals surface area (Å²) in [5.74, 6) is 0.372. The number of likely N-dealkylation sites (N-methyl/N-ethyl adjacent to an activating group) is 1. The van der Waals surface area contributed by atoms with Gasteiger partial charge in [-0.25, -0.2) is 8.42 Å². The summed E-state index contributed by atoms with van der Waals surface area (Å²) in [6.07, 6.45) is -0.695. The Bertz CT molecular complexity index is 998. The molecule has 1 aliphatic rings. The lowest BCUT2D eigenvalue weighted by Gasteiger charge is -2.31. The van der Waals surface area contributed by atoms with Gasteiger partial charge in [0.25, 0.3) is 5.91 Å². The van der Waals surface area contributed by atoms with Crippen LogP contribution in [0.25, 0.3) is 0 Å². The molecule has 7 nitrogen and oxygen atoms in total. The average Bonchev–Trinajstić information content (AvgIpc) is 2.71. The minimum Gasteiger partial charge on any atom is -0.481 e. The first-order chi connectivity index (χ1) is 14.2. The van der Waals surface area contributed by atoms with E-state index < -0.39 is 16.1 Å². The summed E-state index contributed by atoms with van der Waals surface area (Å²) in [5, 5.41) is 2.78. The molecule has 0 spiro atoms. The van der Waals surface area contributed by atoms with Gasteiger partial charge >= 0.3 is 0 Å². The van der Waals surface area contributed by atoms with Crippen molar-refractivity contribution in [1.29, 1.82) is 0 Å². The molecule has 1 fully saturated rings. The van der Waals surface area contributed by atoms with Crippen molar-refractivity contribution in [3.8, 4) is 5.75 Å². The minimum atomic E-state index is -3.53. The molecular formula is C22H29N3O4S. The van der Waals surface area contributed by atoms with E-state index >= 15 is 0 Å². The number of carbonyl (C=O) groups excluding carboxylic acids is 1. The molecule has 0 aromatic heterocycles. The number of benzene rings is 2. The van der Waals surface area contributed by atoms with E-state index in [1.807, 2.05) is 39.1 Å². The molecule has 2 aromatic carbocycles. The maximum absolute atomic E-state index is 12.8. The summed E-state index contributed by atoms with van der Waals surface area (Å²) in [5.41, 5.74) is 2.54. The normalized spacial score (nSPS) is 16.8. The number of sulfonamides is 1. The molecule has 8 heteroatoms. The molecule has 1 atom stereocenters. The fraction of sp³-hybridized carbons (Fsp3) is 0.409. The van der Waals surface area contributed by atoms with Crippen molar-refractivity contribution in [2.45, 2.75) is 31.8 Å². The van der Waals surface area contributed by atoms with Crippen molar-refractivity contribution in [2.75, 3.05) is 38.5 Å². The maximum atomic E-state index is 12.8. The van der Waals surface area contributed by atoms with E-state index in [-0.39, 0.29) is 10.8 Å². The summed E-state index contributed by atoms with van der Waals surface area (Å²) >= 11 is 0. The zero-order valence-corrected chi connectivity index (χ0v) is 18.7. The molecule has 1 amide bonds. The molecule has 3 rings (SSSR count). The molecule has 162 valence electrons. The quantitative estimate of drug-likeness (QED) is 0.761. The molecule has 0 saturated carbocycles. The highest BCUT2D eigenvalue weighted by atomic mass is 32.2. The first-order valence-electron chi connectivity index (χ1n) is 10.0. The number of amides is 1. The Morgan fingerprint density at radius 1 is 1.03 bits per heavy atom. The maximum Gasteiger partial charge on any atom is 0.265 e. The van der Waals surface area contributed by atoms with Gasteiger partial charge in [0.1, 0.15) is 5.75 Å². The number of aryl methyl sites for hydroxylation is 2. The molecule has 0 bridgehead atoms. The van der Waals surface area contributed by atoms with Crippen LogP contribution in [0.3, 0.4) is 0 Å². The number of hydrogen-bond acceptors (Lipinski definition) is 5. The molecule has 1 N–H and O–H groups in total. The SMILES string of the molecule is Cc1ccc(C)c(OC(C)C(=O)Nc2ccc(S(=O)(=O)N3CCN(C)CC3)cc2)c1. The summed E-state index contributed by atoms with van der Waals surface area (Å²) in [4.78, 5) is 14.8. The van der Waals surface area contributed by atoms with Gasteiger partial charge in [0.2, 0.25) is 10.0 Å². The fourth-order valence-electron chi connectivity index (χ4n) is 3.21. The van der Waals surface area contributed by atoms with Crippen molar-refractivity contribution >= 4 is 21.6 Å². The number of ether oxygens (including phenoxy) is 1. The van der Waals surface area contributed by atoms with Gasteiger partial charge in [0.15, 0.2) is 6.10 Å². The molecule has 1 aliphatic heterocycles. The highest BCUT2D eigenvalue weighted by Gasteiger charge is 2.27. The lowest BCUT2D eigenvalue weighted by molar-refractivity contribution is -0.122. The third kappa shape index (κ3) is 5.19. The minimum absolute atomic E-state index is 0.227. The predicted octanol–water partition coefficient (Wildman–Crippen LogP) is 2.65. The highest BCUT2D eigenvalue weighted by Crippen LogP contribution is 2.22. The fourth-order valence-corrected chi connectivity index (χ4v) is 4.63. The van der Waals surface area contributed by atoms with E-state index in [1.54, 1.807) is 19.1 Å². The summed E-state index contributed by atoms with van der Waals surface area (Å²) < 4.78 is 32.9. The van der Waals surface area contributed by atoms with Gasteiger partial charge in [-0.15, -0.1) is 0 Å². The zero-order valence-electron chi connectivity index (χ0n) is 17.9. The van der Waals surface area contributed by atoms with Crippen LogP contribution in [0.1, 0.15) is 18.1 Å². The van der Waals surface area contributed by atoms with E-state index in [9.17, 15) is 13.2 Å². The Kier molecular flexibility index (Phi) is 6.80. The topological polar surface area (TPSA) is 78.9 Å². The largest absolute Gasteiger partial charge is 0.481 e. The van der Waals surface area contributed by atoms with E-state index in [0.29, 0.717) is 37.6 Å². The summed E-state index contributed by atoms with van der Waals surface area (Å²) in [6, 6.07) is 12.1. The van der Waals surface area contributed by atoms with Gasteiger partial charge in [-0.1, -0.05) is 12.1 Å². The number of piperazine rings is 1. The van der Waals surface area contributed by atoms with Gasteiger partial charge in [-0.3, -0.25) is 4.79 Å². The van der Waals surface area contributed by atoms with Crippen LogP contribution in [-0.2, 0) is 14.8 Å². The van der Waals surface area contributed by atoms with E-state index in [0.717, 1.165) is 11.1 Å². The van der Waals surface area contributed by atoms with Crippen LogP contribution in [0, 0.1) is 13.8 Å². The summed E-state index contributed by atoms with van der Waals surface area (Å²) in [7, 11) is -1.55. The molecule has 1 saturated heterocycles. The van der Waals surface area contributed by atoms with Crippen LogP contribution in [0.2, 0.25) is 0 Å². The lowest BCUT2D eigenvalue weighted by atomic mass is 10.1. The van der Waals surface area contributed by atoms with E-state index in [2.05, 4.69) is 10.2 Å². The second-order valence-electron chi connectivity index (χ2n) is 7.75. The Balaban J connectivity index is 1.63. The van der Waals surface area contributed by atoms with Crippen LogP contribution in [0.4, 0.5) is 5.69 Å². The highest BCUT2D eigenvalue weighted by molar-refractivity contribution is 7.89. The van der Waals surface area contributed by atoms with Crippen molar-refractivity contribution in [3.05, 3.63) is 53.6 Å². The predicted molar refractivity (Wildman–Crippen MR) is 117 cm³/mol. The van der Waals surface area contributed by atoms with Crippen molar-refractivity contribution in [1.82, 2.24) is 9.21 Å². The number of anilines is 1. The van der Waals surface area contributed by atoms with E-state index in [4.69, 9.17) is 4.74 Å². The average molecular weight is 432 g/mol. The molecular weight excluding hydrogens is 402 g/mol. The number of hydrogen-bond donors (Lipinski definition) is 1. The van der Waals surface area contributed by atoms with Crippen molar-refractivity contribution in [3.63, 3.8) is 0 Å². The van der Waals surface area contributed by atoms with Crippen LogP contribution >= 0.6 is 0 Å². The van der Waals surface area contributed by atoms with Crippen molar-refractivity contribution < 1.29 is 17.9 Å². The van der Waals surface area contributed by atoms with Gasteiger partial charge < -0.3 is 15.0 Å². The molecule has 2 aromatic rings. The van der Waals surface area contributed by atoms with Gasteiger partial charge in [0.05, 0.1) is 4.90 Å². The van der Waals surface area contributed by atoms with Crippen LogP contribution < -0.4 is 10.1 Å². The van der Waals surface area contributed by atoms with Crippen LogP contribution in [0.5, 0.6) is 5.75 Å². The number of nitrogens with zero attached hydrogens (tertiary/aromatic N) is 2. The molecule has 1 heterocycles. The third-order valence-electron chi connectivity index (χ3n) is 5.24. The smallest absolute Gasteiger partial charge is 0.265 e. The van der Waals surface area contributed by atoms with Crippen LogP contribution in [-0.4, -0.2) is 62.9 Å². The first kappa shape index (κ1) is 22.3. The monoisotopic (exact) mass is 431 g/mol. The summed E-state index contributed by atoms with van der Waals surface area (Å²) in [6.45, 7) is 7.96. The second kappa shape index (κ2) is 9.16. The zero-order chi connectivity index (χ0) is 21.9. The van der Waals surface area contributed by atoms with Crippen molar-refractivity contribution in [2.24, 2.45) is 0 Å². The molecule has 30 heavy (non-hydrogen) atoms. The van der Waals surface area contributed by atoms with Crippen LogP contribution in [0.15, 0.2) is 47.4 Å². The third-order valence-corrected chi connectivity index (χ3v) is 7.15. The Labute approximate surface area is 178 Å². The Hall–Kier alpha value is -2.42.